The normalized spacial score (nSPS) is 24.5. The predicted molar refractivity (Wildman–Crippen MR) is 67.4 cm³/mol. The van der Waals surface area contributed by atoms with Crippen LogP contribution in [-0.4, -0.2) is 11.5 Å². The van der Waals surface area contributed by atoms with E-state index in [1.165, 1.54) is 44.9 Å². The summed E-state index contributed by atoms with van der Waals surface area (Å²) in [6.07, 6.45) is 12.4. The largest absolute Gasteiger partial charge is 0.323 e. The number of hydrogen-bond acceptors (Lipinski definition) is 3. The molecule has 0 aromatic heterocycles. The van der Waals surface area contributed by atoms with E-state index in [1.54, 1.807) is 0 Å². The first-order valence-corrected chi connectivity index (χ1v) is 6.64. The zero-order valence-electron chi connectivity index (χ0n) is 10.2. The summed E-state index contributed by atoms with van der Waals surface area (Å²) in [6.45, 7) is 0. The molecule has 3 heteroatoms. The smallest absolute Gasteiger partial charge is 0.178 e. The second-order valence-electron chi connectivity index (χ2n) is 4.68. The summed E-state index contributed by atoms with van der Waals surface area (Å²) in [5.74, 6) is 5.44. The number of hydrogen-bond donors (Lipinski definition) is 1. The van der Waals surface area contributed by atoms with E-state index in [0.29, 0.717) is 12.1 Å². The number of carbonyl (C=O) groups is 1. The van der Waals surface area contributed by atoms with Crippen molar-refractivity contribution in [3.63, 3.8) is 0 Å². The summed E-state index contributed by atoms with van der Waals surface area (Å²) in [5.41, 5.74) is 0.610. The molecular weight excluding hydrogens is 200 g/mol. The lowest BCUT2D eigenvalue weighted by molar-refractivity contribution is -0.113. The van der Waals surface area contributed by atoms with Gasteiger partial charge in [0.1, 0.15) is 5.71 Å². The van der Waals surface area contributed by atoms with Crippen LogP contribution >= 0.6 is 0 Å². The van der Waals surface area contributed by atoms with Crippen molar-refractivity contribution in [2.24, 2.45) is 10.9 Å². The number of Topliss-reactive ketones (excluding diaryl/α,β-unsaturated/α-hetero) is 1. The SMILES string of the molecule is NN=C1CCCCCCCCCCCC1=O. The zero-order chi connectivity index (χ0) is 11.6. The van der Waals surface area contributed by atoms with Gasteiger partial charge in [-0.1, -0.05) is 44.9 Å². The quantitative estimate of drug-likeness (QED) is 0.507. The molecule has 0 unspecified atom stereocenters. The molecule has 2 N–H and O–H groups in total. The maximum absolute atomic E-state index is 11.7. The van der Waals surface area contributed by atoms with Gasteiger partial charge in [-0.3, -0.25) is 4.79 Å². The molecule has 92 valence electrons. The van der Waals surface area contributed by atoms with Crippen LogP contribution in [0.2, 0.25) is 0 Å². The fourth-order valence-electron chi connectivity index (χ4n) is 2.24. The van der Waals surface area contributed by atoms with Gasteiger partial charge in [0.15, 0.2) is 5.78 Å². The van der Waals surface area contributed by atoms with Gasteiger partial charge in [-0.05, 0) is 19.3 Å². The first-order valence-electron chi connectivity index (χ1n) is 6.64. The van der Waals surface area contributed by atoms with Gasteiger partial charge >= 0.3 is 0 Å². The number of hydrazone groups is 1. The van der Waals surface area contributed by atoms with Gasteiger partial charge in [-0.25, -0.2) is 0 Å². The third kappa shape index (κ3) is 5.29. The number of carbonyl (C=O) groups excluding carboxylic acids is 1. The van der Waals surface area contributed by atoms with Gasteiger partial charge in [0.25, 0.3) is 0 Å². The average molecular weight is 224 g/mol. The molecule has 1 rings (SSSR count). The van der Waals surface area contributed by atoms with Crippen molar-refractivity contribution < 1.29 is 4.79 Å². The molecular formula is C13H24N2O. The van der Waals surface area contributed by atoms with Crippen LogP contribution in [0, 0.1) is 0 Å². The Morgan fingerprint density at radius 3 is 1.69 bits per heavy atom. The summed E-state index contributed by atoms with van der Waals surface area (Å²) in [7, 11) is 0. The van der Waals surface area contributed by atoms with Crippen molar-refractivity contribution in [2.75, 3.05) is 0 Å². The Balaban J connectivity index is 2.40. The van der Waals surface area contributed by atoms with Crippen LogP contribution < -0.4 is 5.84 Å². The second kappa shape index (κ2) is 8.31. The molecule has 0 aliphatic heterocycles. The molecule has 0 amide bonds. The number of nitrogens with two attached hydrogens (primary N) is 1. The highest BCUT2D eigenvalue weighted by molar-refractivity contribution is 6.39. The van der Waals surface area contributed by atoms with Crippen LogP contribution in [0.5, 0.6) is 0 Å². The molecule has 3 nitrogen and oxygen atoms in total. The predicted octanol–water partition coefficient (Wildman–Crippen LogP) is 3.17. The second-order valence-corrected chi connectivity index (χ2v) is 4.68. The maximum Gasteiger partial charge on any atom is 0.178 e. The van der Waals surface area contributed by atoms with E-state index >= 15 is 0 Å². The highest BCUT2D eigenvalue weighted by atomic mass is 16.1. The topological polar surface area (TPSA) is 55.4 Å². The van der Waals surface area contributed by atoms with Gasteiger partial charge in [-0.2, -0.15) is 5.10 Å². The fourth-order valence-corrected chi connectivity index (χ4v) is 2.24. The molecule has 0 bridgehead atoms. The van der Waals surface area contributed by atoms with Crippen LogP contribution in [0.25, 0.3) is 0 Å². The molecule has 1 saturated carbocycles. The Kier molecular flexibility index (Phi) is 6.86. The first kappa shape index (κ1) is 13.2. The monoisotopic (exact) mass is 224 g/mol. The summed E-state index contributed by atoms with van der Waals surface area (Å²) < 4.78 is 0. The summed E-state index contributed by atoms with van der Waals surface area (Å²) in [6, 6.07) is 0. The zero-order valence-corrected chi connectivity index (χ0v) is 10.2. The van der Waals surface area contributed by atoms with Crippen molar-refractivity contribution in [2.45, 2.75) is 70.6 Å². The van der Waals surface area contributed by atoms with E-state index in [1.807, 2.05) is 0 Å². The molecule has 1 fully saturated rings. The minimum atomic E-state index is 0.168. The van der Waals surface area contributed by atoms with Gasteiger partial charge in [0.2, 0.25) is 0 Å². The lowest BCUT2D eigenvalue weighted by Crippen LogP contribution is -2.15. The molecule has 1 aliphatic rings. The van der Waals surface area contributed by atoms with Crippen LogP contribution in [0.4, 0.5) is 0 Å². The van der Waals surface area contributed by atoms with E-state index in [-0.39, 0.29) is 5.78 Å². The Hall–Kier alpha value is -0.860. The van der Waals surface area contributed by atoms with Crippen LogP contribution in [0.1, 0.15) is 70.6 Å². The molecule has 0 spiro atoms. The van der Waals surface area contributed by atoms with Crippen molar-refractivity contribution in [3.05, 3.63) is 0 Å². The standard InChI is InChI=1S/C13H24N2O/c14-15-12-10-8-6-4-2-1-3-5-7-9-11-13(12)16/h1-11,14H2. The summed E-state index contributed by atoms with van der Waals surface area (Å²) in [4.78, 5) is 11.7. The molecule has 0 aromatic carbocycles. The maximum atomic E-state index is 11.7. The molecule has 0 heterocycles. The van der Waals surface area contributed by atoms with Crippen molar-refractivity contribution in [1.82, 2.24) is 0 Å². The first-order chi connectivity index (χ1) is 7.84. The van der Waals surface area contributed by atoms with E-state index in [2.05, 4.69) is 5.10 Å². The molecule has 0 radical (unpaired) electrons. The molecule has 1 aliphatic carbocycles. The number of ketones is 1. The Morgan fingerprint density at radius 1 is 0.750 bits per heavy atom. The van der Waals surface area contributed by atoms with E-state index in [4.69, 9.17) is 5.84 Å². The average Bonchev–Trinajstić information content (AvgIpc) is 2.31. The summed E-state index contributed by atoms with van der Waals surface area (Å²) in [5, 5.41) is 3.65. The van der Waals surface area contributed by atoms with E-state index < -0.39 is 0 Å². The molecule has 16 heavy (non-hydrogen) atoms. The van der Waals surface area contributed by atoms with Crippen molar-refractivity contribution >= 4 is 11.5 Å². The number of rotatable bonds is 0. The fraction of sp³-hybridized carbons (Fsp3) is 0.846. The Morgan fingerprint density at radius 2 is 1.19 bits per heavy atom. The van der Waals surface area contributed by atoms with Crippen LogP contribution in [-0.2, 0) is 4.79 Å². The summed E-state index contributed by atoms with van der Waals surface area (Å²) >= 11 is 0. The van der Waals surface area contributed by atoms with Crippen LogP contribution in [0.3, 0.4) is 0 Å². The minimum Gasteiger partial charge on any atom is -0.323 e. The van der Waals surface area contributed by atoms with Gasteiger partial charge in [0.05, 0.1) is 0 Å². The van der Waals surface area contributed by atoms with Crippen LogP contribution in [0.15, 0.2) is 5.10 Å². The third-order valence-electron chi connectivity index (χ3n) is 3.30. The lowest BCUT2D eigenvalue weighted by atomic mass is 10.0. The van der Waals surface area contributed by atoms with Crippen molar-refractivity contribution in [1.29, 1.82) is 0 Å². The molecule has 0 saturated heterocycles. The van der Waals surface area contributed by atoms with Crippen molar-refractivity contribution in [3.8, 4) is 0 Å². The third-order valence-corrected chi connectivity index (χ3v) is 3.30. The highest BCUT2D eigenvalue weighted by Crippen LogP contribution is 2.14. The Bertz CT molecular complexity index is 236. The van der Waals surface area contributed by atoms with Gasteiger partial charge in [-0.15, -0.1) is 0 Å². The van der Waals surface area contributed by atoms with E-state index in [9.17, 15) is 4.79 Å². The number of nitrogens with zero attached hydrogens (tertiary/aromatic N) is 1. The molecule has 0 aromatic rings. The highest BCUT2D eigenvalue weighted by Gasteiger charge is 2.11. The Labute approximate surface area is 98.5 Å². The lowest BCUT2D eigenvalue weighted by Gasteiger charge is -2.03. The van der Waals surface area contributed by atoms with Gasteiger partial charge in [0, 0.05) is 6.42 Å². The van der Waals surface area contributed by atoms with Gasteiger partial charge < -0.3 is 5.84 Å². The van der Waals surface area contributed by atoms with E-state index in [0.717, 1.165) is 19.3 Å². The molecule has 0 atom stereocenters. The minimum absolute atomic E-state index is 0.168.